The fourth-order valence-electron chi connectivity index (χ4n) is 4.86. The summed E-state index contributed by atoms with van der Waals surface area (Å²) in [6.07, 6.45) is 2.50. The first-order valence-electron chi connectivity index (χ1n) is 11.7. The second-order valence-electron chi connectivity index (χ2n) is 9.22. The number of fused-ring (bicyclic) bond motifs is 1. The summed E-state index contributed by atoms with van der Waals surface area (Å²) in [5, 5.41) is 0. The van der Waals surface area contributed by atoms with Crippen LogP contribution in [-0.2, 0) is 19.8 Å². The molecule has 174 valence electrons. The number of pyridine rings is 1. The molecule has 3 aliphatic rings. The Labute approximate surface area is 198 Å². The molecule has 0 bridgehead atoms. The molecule has 1 aliphatic carbocycles. The first kappa shape index (κ1) is 21.3. The van der Waals surface area contributed by atoms with Gasteiger partial charge in [-0.05, 0) is 43.4 Å². The summed E-state index contributed by atoms with van der Waals surface area (Å²) in [6, 6.07) is 20.4. The van der Waals surface area contributed by atoms with E-state index in [4.69, 9.17) is 24.9 Å². The number of rotatable bonds is 5. The van der Waals surface area contributed by atoms with Crippen LogP contribution in [0.2, 0.25) is 0 Å². The van der Waals surface area contributed by atoms with Gasteiger partial charge in [-0.2, -0.15) is 0 Å². The first-order valence-corrected chi connectivity index (χ1v) is 11.7. The van der Waals surface area contributed by atoms with Crippen molar-refractivity contribution in [1.82, 2.24) is 4.98 Å². The molecule has 2 N–H and O–H groups in total. The molecule has 1 amide bonds. The summed E-state index contributed by atoms with van der Waals surface area (Å²) in [4.78, 5) is 19.3. The van der Waals surface area contributed by atoms with Crippen molar-refractivity contribution in [2.24, 2.45) is 5.73 Å². The van der Waals surface area contributed by atoms with Gasteiger partial charge in [-0.1, -0.05) is 54.6 Å². The Kier molecular flexibility index (Phi) is 5.13. The maximum absolute atomic E-state index is 12.7. The lowest BCUT2D eigenvalue weighted by molar-refractivity contribution is -0.370. The van der Waals surface area contributed by atoms with Crippen molar-refractivity contribution < 1.29 is 19.0 Å². The minimum Gasteiger partial charge on any atom is -0.466 e. The Hall–Kier alpha value is -3.26. The molecule has 34 heavy (non-hydrogen) atoms. The predicted octanol–water partition coefficient (Wildman–Crippen LogP) is 4.20. The third-order valence-corrected chi connectivity index (χ3v) is 6.98. The van der Waals surface area contributed by atoms with Crippen molar-refractivity contribution >= 4 is 11.6 Å². The number of hydrogen-bond acceptors (Lipinski definition) is 6. The van der Waals surface area contributed by atoms with Crippen LogP contribution in [0, 0.1) is 0 Å². The zero-order valence-electron chi connectivity index (χ0n) is 19.1. The van der Waals surface area contributed by atoms with Gasteiger partial charge in [0.1, 0.15) is 5.69 Å². The Bertz CT molecular complexity index is 1220. The third-order valence-electron chi connectivity index (χ3n) is 6.98. The fraction of sp³-hybridized carbons (Fsp3) is 0.333. The Morgan fingerprint density at radius 1 is 1.06 bits per heavy atom. The molecule has 1 saturated heterocycles. The molecule has 3 aromatic rings. The number of carbonyl (C=O) groups is 1. The molecule has 0 radical (unpaired) electrons. The number of nitrogens with zero attached hydrogens (tertiary/aromatic N) is 2. The van der Waals surface area contributed by atoms with E-state index in [1.807, 2.05) is 43.3 Å². The van der Waals surface area contributed by atoms with E-state index in [9.17, 15) is 4.79 Å². The van der Waals surface area contributed by atoms with Gasteiger partial charge in [0.25, 0.3) is 5.91 Å². The molecule has 0 spiro atoms. The number of ether oxygens (including phenoxy) is 3. The summed E-state index contributed by atoms with van der Waals surface area (Å²) < 4.78 is 16.9. The van der Waals surface area contributed by atoms with E-state index in [-0.39, 0.29) is 24.3 Å². The van der Waals surface area contributed by atoms with Crippen LogP contribution in [0.1, 0.15) is 31.7 Å². The van der Waals surface area contributed by atoms with Gasteiger partial charge in [-0.25, -0.2) is 4.98 Å². The van der Waals surface area contributed by atoms with E-state index < -0.39 is 6.29 Å². The molecule has 1 saturated carbocycles. The van der Waals surface area contributed by atoms with Crippen LogP contribution in [0.15, 0.2) is 60.7 Å². The normalized spacial score (nSPS) is 22.9. The number of anilines is 1. The van der Waals surface area contributed by atoms with Gasteiger partial charge in [0, 0.05) is 16.7 Å². The number of benzene rings is 2. The molecule has 2 aliphatic heterocycles. The number of aromatic nitrogens is 1. The maximum atomic E-state index is 12.7. The summed E-state index contributed by atoms with van der Waals surface area (Å²) in [5.41, 5.74) is 11.8. The van der Waals surface area contributed by atoms with Crippen molar-refractivity contribution in [3.8, 4) is 28.3 Å². The van der Waals surface area contributed by atoms with Gasteiger partial charge in [-0.3, -0.25) is 9.69 Å². The number of carbonyl (C=O) groups excluding carboxylic acids is 1. The van der Waals surface area contributed by atoms with E-state index in [0.29, 0.717) is 18.1 Å². The van der Waals surface area contributed by atoms with E-state index in [1.54, 1.807) is 4.90 Å². The molecule has 2 fully saturated rings. The maximum Gasteiger partial charge on any atom is 0.265 e. The second kappa shape index (κ2) is 8.20. The molecule has 3 heterocycles. The quantitative estimate of drug-likeness (QED) is 0.618. The van der Waals surface area contributed by atoms with Crippen LogP contribution in [0.3, 0.4) is 0 Å². The average molecular weight is 458 g/mol. The van der Waals surface area contributed by atoms with E-state index in [2.05, 4.69) is 24.3 Å². The first-order chi connectivity index (χ1) is 16.5. The monoisotopic (exact) mass is 457 g/mol. The van der Waals surface area contributed by atoms with Crippen LogP contribution < -0.4 is 15.4 Å². The van der Waals surface area contributed by atoms with Gasteiger partial charge in [0.05, 0.1) is 12.2 Å². The van der Waals surface area contributed by atoms with Gasteiger partial charge in [0.15, 0.2) is 19.2 Å². The molecule has 6 rings (SSSR count). The summed E-state index contributed by atoms with van der Waals surface area (Å²) in [5.74, 6) is 0.283. The van der Waals surface area contributed by atoms with Crippen molar-refractivity contribution in [1.29, 1.82) is 0 Å². The highest BCUT2D eigenvalue weighted by molar-refractivity contribution is 5.99. The number of hydrogen-bond donors (Lipinski definition) is 1. The van der Waals surface area contributed by atoms with Crippen molar-refractivity contribution in [3.63, 3.8) is 0 Å². The molecule has 2 aromatic carbocycles. The highest BCUT2D eigenvalue weighted by Gasteiger charge is 2.36. The molecule has 7 nitrogen and oxygen atoms in total. The second-order valence-corrected chi connectivity index (χ2v) is 9.22. The minimum absolute atomic E-state index is 0.0684. The predicted molar refractivity (Wildman–Crippen MR) is 128 cm³/mol. The zero-order valence-corrected chi connectivity index (χ0v) is 19.1. The van der Waals surface area contributed by atoms with Crippen LogP contribution in [0.5, 0.6) is 5.88 Å². The summed E-state index contributed by atoms with van der Waals surface area (Å²) >= 11 is 0. The minimum atomic E-state index is -0.451. The van der Waals surface area contributed by atoms with E-state index in [0.717, 1.165) is 40.8 Å². The highest BCUT2D eigenvalue weighted by atomic mass is 16.9. The molecule has 0 atom stereocenters. The zero-order chi connectivity index (χ0) is 23.3. The van der Waals surface area contributed by atoms with Gasteiger partial charge >= 0.3 is 0 Å². The average Bonchev–Trinajstić information content (AvgIpc) is 2.83. The Morgan fingerprint density at radius 3 is 2.44 bits per heavy atom. The lowest BCUT2D eigenvalue weighted by atomic mass is 9.72. The highest BCUT2D eigenvalue weighted by Crippen LogP contribution is 2.42. The standard InChI is InChI=1S/C27H27N3O4/c1-17-33-24(34-17)15-30-22-14-21(18-6-3-2-4-7-18)25(29-26(22)32-16-23(30)31)19-8-10-20(11-9-19)27(28)12-5-13-27/h2-4,6-11,14,17,24H,5,12-13,15-16,28H2,1H3. The largest absolute Gasteiger partial charge is 0.466 e. The van der Waals surface area contributed by atoms with Gasteiger partial charge in [0.2, 0.25) is 5.88 Å². The van der Waals surface area contributed by atoms with Crippen molar-refractivity contribution in [2.45, 2.75) is 44.3 Å². The Morgan fingerprint density at radius 2 is 1.79 bits per heavy atom. The molecule has 0 unspecified atom stereocenters. The van der Waals surface area contributed by atoms with Crippen molar-refractivity contribution in [2.75, 3.05) is 18.1 Å². The SMILES string of the molecule is CC1OC(CN2C(=O)COc3nc(-c4ccc(C5(N)CCC5)cc4)c(-c4ccccc4)cc32)O1. The topological polar surface area (TPSA) is 86.9 Å². The van der Waals surface area contributed by atoms with Gasteiger partial charge < -0.3 is 19.9 Å². The van der Waals surface area contributed by atoms with E-state index in [1.165, 1.54) is 6.42 Å². The number of amides is 1. The number of nitrogens with two attached hydrogens (primary N) is 1. The molecule has 1 aromatic heterocycles. The lowest BCUT2D eigenvalue weighted by Gasteiger charge is -2.39. The van der Waals surface area contributed by atoms with E-state index >= 15 is 0 Å². The van der Waals surface area contributed by atoms with Crippen molar-refractivity contribution in [3.05, 3.63) is 66.2 Å². The third kappa shape index (κ3) is 3.66. The summed E-state index contributed by atoms with van der Waals surface area (Å²) in [7, 11) is 0. The fourth-order valence-corrected chi connectivity index (χ4v) is 4.86. The van der Waals surface area contributed by atoms with Crippen LogP contribution >= 0.6 is 0 Å². The molecular weight excluding hydrogens is 430 g/mol. The van der Waals surface area contributed by atoms with Crippen LogP contribution in [0.4, 0.5) is 5.69 Å². The van der Waals surface area contributed by atoms with Gasteiger partial charge in [-0.15, -0.1) is 0 Å². The van der Waals surface area contributed by atoms with Crippen LogP contribution in [0.25, 0.3) is 22.4 Å². The molecular formula is C27H27N3O4. The Balaban J connectivity index is 1.43. The summed E-state index contributed by atoms with van der Waals surface area (Å²) in [6.45, 7) is 2.05. The van der Waals surface area contributed by atoms with Crippen LogP contribution in [-0.4, -0.2) is 36.6 Å². The smallest absolute Gasteiger partial charge is 0.265 e. The lowest BCUT2D eigenvalue weighted by Crippen LogP contribution is -2.50. The molecule has 7 heteroatoms.